The fourth-order valence-corrected chi connectivity index (χ4v) is 3.03. The Morgan fingerprint density at radius 2 is 1.90 bits per heavy atom. The highest BCUT2D eigenvalue weighted by Gasteiger charge is 2.09. The Morgan fingerprint density at radius 1 is 1.10 bits per heavy atom. The zero-order valence-electron chi connectivity index (χ0n) is 16.5. The van der Waals surface area contributed by atoms with E-state index in [2.05, 4.69) is 31.8 Å². The number of ether oxygens (including phenoxy) is 1. The van der Waals surface area contributed by atoms with Crippen molar-refractivity contribution in [3.05, 3.63) is 65.0 Å². The number of hydrogen-bond donors (Lipinski definition) is 2. The Labute approximate surface area is 175 Å². The van der Waals surface area contributed by atoms with E-state index in [1.807, 2.05) is 42.5 Å². The van der Waals surface area contributed by atoms with Gasteiger partial charge < -0.3 is 19.9 Å². The highest BCUT2D eigenvalue weighted by molar-refractivity contribution is 6.30. The third-order valence-electron chi connectivity index (χ3n) is 4.29. The largest absolute Gasteiger partial charge is 0.496 e. The molecule has 0 radical (unpaired) electrons. The van der Waals surface area contributed by atoms with Gasteiger partial charge in [-0.15, -0.1) is 0 Å². The predicted octanol–water partition coefficient (Wildman–Crippen LogP) is 3.35. The molecule has 7 nitrogen and oxygen atoms in total. The van der Waals surface area contributed by atoms with E-state index in [0.717, 1.165) is 35.8 Å². The van der Waals surface area contributed by atoms with Crippen molar-refractivity contribution in [2.75, 3.05) is 27.2 Å². The second-order valence-corrected chi connectivity index (χ2v) is 6.70. The molecule has 29 heavy (non-hydrogen) atoms. The maximum Gasteiger partial charge on any atom is 0.228 e. The first-order valence-electron chi connectivity index (χ1n) is 9.34. The molecule has 2 aromatic carbocycles. The van der Waals surface area contributed by atoms with Crippen molar-refractivity contribution in [3.63, 3.8) is 0 Å². The molecule has 0 spiro atoms. The average Bonchev–Trinajstić information content (AvgIpc) is 3.22. The third kappa shape index (κ3) is 5.96. The van der Waals surface area contributed by atoms with Crippen LogP contribution in [-0.4, -0.2) is 43.3 Å². The molecule has 3 rings (SSSR count). The Kier molecular flexibility index (Phi) is 7.47. The molecule has 8 heteroatoms. The van der Waals surface area contributed by atoms with Gasteiger partial charge in [0.1, 0.15) is 5.75 Å². The number of methoxy groups -OCH3 is 1. The van der Waals surface area contributed by atoms with E-state index in [4.69, 9.17) is 20.9 Å². The number of nitrogens with zero attached hydrogens (tertiary/aromatic N) is 3. The number of nitrogens with one attached hydrogen (secondary N) is 2. The number of halogens is 1. The maximum absolute atomic E-state index is 6.01. The smallest absolute Gasteiger partial charge is 0.228 e. The van der Waals surface area contributed by atoms with Crippen LogP contribution < -0.4 is 15.4 Å². The van der Waals surface area contributed by atoms with Crippen LogP contribution in [0.5, 0.6) is 5.75 Å². The van der Waals surface area contributed by atoms with Crippen LogP contribution in [0.4, 0.5) is 0 Å². The van der Waals surface area contributed by atoms with Gasteiger partial charge in [-0.3, -0.25) is 4.99 Å². The molecule has 0 saturated heterocycles. The molecule has 0 fully saturated rings. The highest BCUT2D eigenvalue weighted by Crippen LogP contribution is 2.20. The lowest BCUT2D eigenvalue weighted by Crippen LogP contribution is -2.39. The number of para-hydroxylation sites is 1. The van der Waals surface area contributed by atoms with Gasteiger partial charge in [0.05, 0.1) is 7.11 Å². The first-order chi connectivity index (χ1) is 14.2. The van der Waals surface area contributed by atoms with Crippen molar-refractivity contribution in [2.24, 2.45) is 4.99 Å². The second kappa shape index (κ2) is 10.5. The number of benzene rings is 2. The zero-order valence-corrected chi connectivity index (χ0v) is 17.2. The minimum atomic E-state index is 0.529. The van der Waals surface area contributed by atoms with Crippen molar-refractivity contribution in [1.29, 1.82) is 0 Å². The minimum Gasteiger partial charge on any atom is -0.496 e. The van der Waals surface area contributed by atoms with Crippen LogP contribution in [0, 0.1) is 0 Å². The molecular weight excluding hydrogens is 390 g/mol. The number of rotatable bonds is 8. The second-order valence-electron chi connectivity index (χ2n) is 6.26. The standard InChI is InChI=1S/C21H24ClN5O2/c1-23-21(24-12-10-15-6-3-4-9-18(15)28-2)25-13-11-19-26-20(27-29-19)16-7-5-8-17(22)14-16/h3-9,14H,10-13H2,1-2H3,(H2,23,24,25). The van der Waals surface area contributed by atoms with E-state index >= 15 is 0 Å². The van der Waals surface area contributed by atoms with E-state index < -0.39 is 0 Å². The average molecular weight is 414 g/mol. The summed E-state index contributed by atoms with van der Waals surface area (Å²) in [6, 6.07) is 15.4. The van der Waals surface area contributed by atoms with Gasteiger partial charge in [0.15, 0.2) is 5.96 Å². The molecule has 0 atom stereocenters. The van der Waals surface area contributed by atoms with Gasteiger partial charge in [-0.2, -0.15) is 4.98 Å². The molecule has 0 saturated carbocycles. The van der Waals surface area contributed by atoms with Crippen LogP contribution in [0.1, 0.15) is 11.5 Å². The van der Waals surface area contributed by atoms with Crippen molar-refractivity contribution in [2.45, 2.75) is 12.8 Å². The Hall–Kier alpha value is -3.06. The summed E-state index contributed by atoms with van der Waals surface area (Å²) in [6.45, 7) is 1.35. The van der Waals surface area contributed by atoms with Crippen LogP contribution in [0.3, 0.4) is 0 Å². The number of aliphatic imine (C=N–C) groups is 1. The molecule has 0 bridgehead atoms. The monoisotopic (exact) mass is 413 g/mol. The zero-order chi connectivity index (χ0) is 20.5. The van der Waals surface area contributed by atoms with Crippen LogP contribution in [0.25, 0.3) is 11.4 Å². The normalized spacial score (nSPS) is 11.3. The van der Waals surface area contributed by atoms with Gasteiger partial charge >= 0.3 is 0 Å². The molecule has 3 aromatic rings. The summed E-state index contributed by atoms with van der Waals surface area (Å²) in [5.74, 6) is 2.69. The fraction of sp³-hybridized carbons (Fsp3) is 0.286. The molecule has 1 aromatic heterocycles. The summed E-state index contributed by atoms with van der Waals surface area (Å²) in [4.78, 5) is 8.65. The van der Waals surface area contributed by atoms with Crippen LogP contribution in [0.2, 0.25) is 5.02 Å². The van der Waals surface area contributed by atoms with Gasteiger partial charge in [0, 0.05) is 37.1 Å². The summed E-state index contributed by atoms with van der Waals surface area (Å²) < 4.78 is 10.7. The third-order valence-corrected chi connectivity index (χ3v) is 4.52. The van der Waals surface area contributed by atoms with Crippen LogP contribution in [-0.2, 0) is 12.8 Å². The Balaban J connectivity index is 1.44. The van der Waals surface area contributed by atoms with Crippen molar-refractivity contribution < 1.29 is 9.26 Å². The number of hydrogen-bond acceptors (Lipinski definition) is 5. The van der Waals surface area contributed by atoms with Crippen molar-refractivity contribution >= 4 is 17.6 Å². The Morgan fingerprint density at radius 3 is 2.66 bits per heavy atom. The van der Waals surface area contributed by atoms with Crippen LogP contribution >= 0.6 is 11.6 Å². The Bertz CT molecular complexity index is 958. The van der Waals surface area contributed by atoms with Gasteiger partial charge in [-0.05, 0) is 30.2 Å². The lowest BCUT2D eigenvalue weighted by Gasteiger charge is -2.12. The number of guanidine groups is 1. The van der Waals surface area contributed by atoms with E-state index in [0.29, 0.717) is 29.7 Å². The van der Waals surface area contributed by atoms with Gasteiger partial charge in [0.25, 0.3) is 0 Å². The molecule has 152 valence electrons. The van der Waals surface area contributed by atoms with Gasteiger partial charge in [-0.1, -0.05) is 47.1 Å². The van der Waals surface area contributed by atoms with Crippen molar-refractivity contribution in [3.8, 4) is 17.1 Å². The molecule has 0 amide bonds. The van der Waals surface area contributed by atoms with Gasteiger partial charge in [-0.25, -0.2) is 0 Å². The molecular formula is C21H24ClN5O2. The topological polar surface area (TPSA) is 84.6 Å². The van der Waals surface area contributed by atoms with E-state index in [-0.39, 0.29) is 0 Å². The highest BCUT2D eigenvalue weighted by atomic mass is 35.5. The van der Waals surface area contributed by atoms with Gasteiger partial charge in [0.2, 0.25) is 11.7 Å². The molecule has 2 N–H and O–H groups in total. The first-order valence-corrected chi connectivity index (χ1v) is 9.72. The lowest BCUT2D eigenvalue weighted by atomic mass is 10.1. The molecule has 0 aliphatic heterocycles. The quantitative estimate of drug-likeness (QED) is 0.435. The molecule has 0 aliphatic rings. The van der Waals surface area contributed by atoms with Crippen LogP contribution in [0.15, 0.2) is 58.0 Å². The van der Waals surface area contributed by atoms with E-state index in [1.54, 1.807) is 14.2 Å². The molecule has 1 heterocycles. The predicted molar refractivity (Wildman–Crippen MR) is 115 cm³/mol. The first kappa shape index (κ1) is 20.7. The SMILES string of the molecule is CN=C(NCCc1nc(-c2cccc(Cl)c2)no1)NCCc1ccccc1OC. The maximum atomic E-state index is 6.01. The molecule has 0 unspecified atom stereocenters. The number of aromatic nitrogens is 2. The summed E-state index contributed by atoms with van der Waals surface area (Å²) in [5, 5.41) is 11.2. The van der Waals surface area contributed by atoms with E-state index in [9.17, 15) is 0 Å². The van der Waals surface area contributed by atoms with Crippen molar-refractivity contribution in [1.82, 2.24) is 20.8 Å². The fourth-order valence-electron chi connectivity index (χ4n) is 2.83. The lowest BCUT2D eigenvalue weighted by molar-refractivity contribution is 0.378. The molecule has 0 aliphatic carbocycles. The summed E-state index contributed by atoms with van der Waals surface area (Å²) >= 11 is 6.01. The minimum absolute atomic E-state index is 0.529. The van der Waals surface area contributed by atoms with E-state index in [1.165, 1.54) is 0 Å². The summed E-state index contributed by atoms with van der Waals surface area (Å²) in [5.41, 5.74) is 1.98. The summed E-state index contributed by atoms with van der Waals surface area (Å²) in [6.07, 6.45) is 1.41. The summed E-state index contributed by atoms with van der Waals surface area (Å²) in [7, 11) is 3.42.